The zero-order chi connectivity index (χ0) is 34.6. The van der Waals surface area contributed by atoms with Gasteiger partial charge in [0.25, 0.3) is 0 Å². The lowest BCUT2D eigenvalue weighted by Crippen LogP contribution is -2.45. The Bertz CT molecular complexity index is 634. The first kappa shape index (κ1) is 45.8. The Labute approximate surface area is 292 Å². The average molecular weight is 668 g/mol. The third-order valence-corrected chi connectivity index (χ3v) is 9.75. The van der Waals surface area contributed by atoms with E-state index in [1.807, 2.05) is 0 Å². The molecule has 2 unspecified atom stereocenters. The number of carboxylic acid groups (broad SMARTS) is 2. The molecule has 0 aliphatic carbocycles. The van der Waals surface area contributed by atoms with Crippen LogP contribution in [0.15, 0.2) is 0 Å². The molecule has 0 radical (unpaired) electrons. The minimum Gasteiger partial charge on any atom is -0.480 e. The summed E-state index contributed by atoms with van der Waals surface area (Å²) < 4.78 is 0. The summed E-state index contributed by atoms with van der Waals surface area (Å²) in [7, 11) is 0. The second-order valence-electron chi connectivity index (χ2n) is 14.2. The van der Waals surface area contributed by atoms with E-state index in [2.05, 4.69) is 36.3 Å². The van der Waals surface area contributed by atoms with Gasteiger partial charge in [-0.1, -0.05) is 181 Å². The third-order valence-electron chi connectivity index (χ3n) is 9.75. The molecule has 0 rings (SSSR count). The molecular weight excluding hydrogens is 586 g/mol. The molecule has 0 heterocycles. The molecule has 0 spiro atoms. The SMILES string of the molecule is CCCCCCCCCCCCN(CCNC(CCCCCCCCCC)C(=O)O)CCNC(CCCCCCCCCC)C(=O)O. The van der Waals surface area contributed by atoms with Crippen LogP contribution in [0.4, 0.5) is 0 Å². The van der Waals surface area contributed by atoms with Crippen molar-refractivity contribution in [3.8, 4) is 0 Å². The fourth-order valence-corrected chi connectivity index (χ4v) is 6.54. The standard InChI is InChI=1S/C40H81N3O4/c1-4-7-10-13-16-19-20-23-26-29-34-43(35-32-41-37(39(44)45)30-27-24-21-17-14-11-8-5-2)36-33-42-38(40(46)47)31-28-25-22-18-15-12-9-6-3/h37-38,41-42H,4-36H2,1-3H3,(H,44,45)(H,46,47). The smallest absolute Gasteiger partial charge is 0.320 e. The summed E-state index contributed by atoms with van der Waals surface area (Å²) in [6.45, 7) is 10.6. The van der Waals surface area contributed by atoms with Gasteiger partial charge in [0.05, 0.1) is 0 Å². The summed E-state index contributed by atoms with van der Waals surface area (Å²) >= 11 is 0. The molecule has 7 nitrogen and oxygen atoms in total. The van der Waals surface area contributed by atoms with E-state index in [-0.39, 0.29) is 0 Å². The molecule has 280 valence electrons. The maximum absolute atomic E-state index is 11.9. The lowest BCUT2D eigenvalue weighted by molar-refractivity contribution is -0.140. The van der Waals surface area contributed by atoms with Crippen LogP contribution in [0.2, 0.25) is 0 Å². The lowest BCUT2D eigenvalue weighted by atomic mass is 10.0. The molecule has 2 atom stereocenters. The summed E-state index contributed by atoms with van der Waals surface area (Å²) in [6, 6.07) is -0.981. The monoisotopic (exact) mass is 668 g/mol. The van der Waals surface area contributed by atoms with E-state index in [1.165, 1.54) is 135 Å². The summed E-state index contributed by atoms with van der Waals surface area (Å²) in [5.74, 6) is -1.50. The van der Waals surface area contributed by atoms with Gasteiger partial charge in [-0.15, -0.1) is 0 Å². The van der Waals surface area contributed by atoms with Gasteiger partial charge in [-0.2, -0.15) is 0 Å². The minimum atomic E-state index is -0.749. The maximum atomic E-state index is 11.9. The largest absolute Gasteiger partial charge is 0.480 e. The van der Waals surface area contributed by atoms with Gasteiger partial charge in [0.15, 0.2) is 0 Å². The first-order chi connectivity index (χ1) is 23.0. The van der Waals surface area contributed by atoms with E-state index in [9.17, 15) is 19.8 Å². The van der Waals surface area contributed by atoms with Gasteiger partial charge in [0, 0.05) is 26.2 Å². The van der Waals surface area contributed by atoms with Crippen LogP contribution in [0.3, 0.4) is 0 Å². The van der Waals surface area contributed by atoms with Gasteiger partial charge < -0.3 is 25.7 Å². The number of hydrogen-bond donors (Lipinski definition) is 4. The number of hydrogen-bond acceptors (Lipinski definition) is 5. The first-order valence-corrected chi connectivity index (χ1v) is 20.6. The Morgan fingerprint density at radius 3 is 1.00 bits per heavy atom. The summed E-state index contributed by atoms with van der Waals surface area (Å²) in [5.41, 5.74) is 0. The van der Waals surface area contributed by atoms with Crippen molar-refractivity contribution in [3.63, 3.8) is 0 Å². The van der Waals surface area contributed by atoms with Crippen molar-refractivity contribution in [3.05, 3.63) is 0 Å². The quantitative estimate of drug-likeness (QED) is 0.0484. The van der Waals surface area contributed by atoms with E-state index < -0.39 is 24.0 Å². The number of carboxylic acids is 2. The number of nitrogens with zero attached hydrogens (tertiary/aromatic N) is 1. The Morgan fingerprint density at radius 1 is 0.426 bits per heavy atom. The molecule has 0 aliphatic rings. The molecule has 0 saturated carbocycles. The molecule has 0 bridgehead atoms. The molecule has 47 heavy (non-hydrogen) atoms. The fraction of sp³-hybridized carbons (Fsp3) is 0.950. The average Bonchev–Trinajstić information content (AvgIpc) is 3.05. The van der Waals surface area contributed by atoms with Crippen LogP contribution in [-0.2, 0) is 9.59 Å². The molecule has 0 aromatic rings. The highest BCUT2D eigenvalue weighted by Gasteiger charge is 2.18. The summed E-state index contributed by atoms with van der Waals surface area (Å²) in [4.78, 5) is 26.3. The zero-order valence-electron chi connectivity index (χ0n) is 31.6. The van der Waals surface area contributed by atoms with Gasteiger partial charge in [-0.3, -0.25) is 9.59 Å². The van der Waals surface area contributed by atoms with Crippen molar-refractivity contribution in [2.45, 2.75) is 213 Å². The Balaban J connectivity index is 4.60. The van der Waals surface area contributed by atoms with Gasteiger partial charge in [0.2, 0.25) is 0 Å². The highest BCUT2D eigenvalue weighted by molar-refractivity contribution is 5.73. The van der Waals surface area contributed by atoms with Gasteiger partial charge >= 0.3 is 11.9 Å². The maximum Gasteiger partial charge on any atom is 0.320 e. The van der Waals surface area contributed by atoms with Crippen LogP contribution < -0.4 is 10.6 Å². The van der Waals surface area contributed by atoms with Gasteiger partial charge in [-0.25, -0.2) is 0 Å². The molecule has 7 heteroatoms. The topological polar surface area (TPSA) is 102 Å². The highest BCUT2D eigenvalue weighted by Crippen LogP contribution is 2.13. The predicted molar refractivity (Wildman–Crippen MR) is 202 cm³/mol. The second-order valence-corrected chi connectivity index (χ2v) is 14.2. The number of carbonyl (C=O) groups is 2. The third kappa shape index (κ3) is 31.8. The molecule has 0 aromatic carbocycles. The Morgan fingerprint density at radius 2 is 0.702 bits per heavy atom. The summed E-state index contributed by atoms with van der Waals surface area (Å²) in [5, 5.41) is 26.3. The van der Waals surface area contributed by atoms with Gasteiger partial charge in [-0.05, 0) is 25.8 Å². The van der Waals surface area contributed by atoms with Crippen LogP contribution in [0.1, 0.15) is 201 Å². The van der Waals surface area contributed by atoms with Crippen molar-refractivity contribution < 1.29 is 19.8 Å². The molecule has 0 saturated heterocycles. The molecule has 0 fully saturated rings. The number of nitrogens with one attached hydrogen (secondary N) is 2. The normalized spacial score (nSPS) is 12.9. The number of aliphatic carboxylic acids is 2. The van der Waals surface area contributed by atoms with Crippen molar-refractivity contribution in [1.29, 1.82) is 0 Å². The highest BCUT2D eigenvalue weighted by atomic mass is 16.4. The van der Waals surface area contributed by atoms with Crippen LogP contribution in [0.5, 0.6) is 0 Å². The van der Waals surface area contributed by atoms with Crippen molar-refractivity contribution in [1.82, 2.24) is 15.5 Å². The van der Waals surface area contributed by atoms with Crippen LogP contribution >= 0.6 is 0 Å². The van der Waals surface area contributed by atoms with Crippen LogP contribution in [0.25, 0.3) is 0 Å². The molecule has 0 amide bonds. The van der Waals surface area contributed by atoms with Crippen molar-refractivity contribution in [2.75, 3.05) is 32.7 Å². The first-order valence-electron chi connectivity index (χ1n) is 20.6. The molecular formula is C40H81N3O4. The molecule has 4 N–H and O–H groups in total. The number of unbranched alkanes of at least 4 members (excludes halogenated alkanes) is 23. The van der Waals surface area contributed by atoms with E-state index in [0.717, 1.165) is 51.7 Å². The van der Waals surface area contributed by atoms with Crippen molar-refractivity contribution >= 4 is 11.9 Å². The Hall–Kier alpha value is -1.18. The predicted octanol–water partition coefficient (Wildman–Crippen LogP) is 10.4. The van der Waals surface area contributed by atoms with Crippen molar-refractivity contribution in [2.24, 2.45) is 0 Å². The van der Waals surface area contributed by atoms with Gasteiger partial charge in [0.1, 0.15) is 12.1 Å². The number of rotatable bonds is 39. The van der Waals surface area contributed by atoms with E-state index in [4.69, 9.17) is 0 Å². The molecule has 0 aromatic heterocycles. The fourth-order valence-electron chi connectivity index (χ4n) is 6.54. The minimum absolute atomic E-state index is 0.490. The lowest BCUT2D eigenvalue weighted by Gasteiger charge is -2.25. The van der Waals surface area contributed by atoms with Crippen LogP contribution in [0, 0.1) is 0 Å². The van der Waals surface area contributed by atoms with E-state index in [0.29, 0.717) is 25.9 Å². The molecule has 0 aliphatic heterocycles. The second kappa shape index (κ2) is 36.1. The van der Waals surface area contributed by atoms with E-state index >= 15 is 0 Å². The summed E-state index contributed by atoms with van der Waals surface area (Å²) in [6.07, 6.45) is 33.9. The zero-order valence-corrected chi connectivity index (χ0v) is 31.6. The Kier molecular flexibility index (Phi) is 35.2. The van der Waals surface area contributed by atoms with Crippen LogP contribution in [-0.4, -0.2) is 71.9 Å². The van der Waals surface area contributed by atoms with E-state index in [1.54, 1.807) is 0 Å².